The van der Waals surface area contributed by atoms with Gasteiger partial charge in [-0.05, 0) is 29.8 Å². The number of hydrogen-bond acceptors (Lipinski definition) is 3. The van der Waals surface area contributed by atoms with E-state index in [1.54, 1.807) is 36.7 Å². The molecular weight excluding hydrogens is 242 g/mol. The average Bonchev–Trinajstić information content (AvgIpc) is 2.45. The number of rotatable bonds is 5. The molecule has 19 heavy (non-hydrogen) atoms. The summed E-state index contributed by atoms with van der Waals surface area (Å²) in [5.41, 5.74) is 1.81. The number of aromatic nitrogens is 1. The lowest BCUT2D eigenvalue weighted by atomic mass is 10.2. The minimum absolute atomic E-state index is 0.456. The van der Waals surface area contributed by atoms with E-state index in [4.69, 9.17) is 9.84 Å². The fraction of sp³-hybridized carbons (Fsp3) is 0.0667. The molecule has 0 atom stereocenters. The van der Waals surface area contributed by atoms with Crippen molar-refractivity contribution < 1.29 is 14.6 Å². The summed E-state index contributed by atoms with van der Waals surface area (Å²) < 4.78 is 5.59. The Morgan fingerprint density at radius 3 is 2.68 bits per heavy atom. The van der Waals surface area contributed by atoms with E-state index in [9.17, 15) is 4.79 Å². The topological polar surface area (TPSA) is 59.4 Å². The van der Waals surface area contributed by atoms with Gasteiger partial charge in [-0.3, -0.25) is 4.98 Å². The quantitative estimate of drug-likeness (QED) is 0.834. The molecule has 0 saturated carbocycles. The van der Waals surface area contributed by atoms with E-state index in [0.29, 0.717) is 6.61 Å². The Balaban J connectivity index is 1.94. The van der Waals surface area contributed by atoms with Crippen molar-refractivity contribution in [1.82, 2.24) is 4.98 Å². The highest BCUT2D eigenvalue weighted by Gasteiger charge is 1.96. The normalized spacial score (nSPS) is 10.5. The second kappa shape index (κ2) is 6.35. The Kier molecular flexibility index (Phi) is 4.29. The minimum atomic E-state index is -0.961. The van der Waals surface area contributed by atoms with Crippen LogP contribution in [0.15, 0.2) is 54.9 Å². The van der Waals surface area contributed by atoms with Gasteiger partial charge in [0.05, 0.1) is 0 Å². The van der Waals surface area contributed by atoms with Crippen LogP contribution in [-0.2, 0) is 11.4 Å². The van der Waals surface area contributed by atoms with Crippen molar-refractivity contribution in [2.24, 2.45) is 0 Å². The summed E-state index contributed by atoms with van der Waals surface area (Å²) in [5, 5.41) is 8.52. The monoisotopic (exact) mass is 255 g/mol. The molecule has 0 bridgehead atoms. The van der Waals surface area contributed by atoms with Crippen LogP contribution in [-0.4, -0.2) is 16.1 Å². The predicted molar refractivity (Wildman–Crippen MR) is 71.7 cm³/mol. The first-order chi connectivity index (χ1) is 9.24. The van der Waals surface area contributed by atoms with Gasteiger partial charge in [0.1, 0.15) is 12.4 Å². The van der Waals surface area contributed by atoms with Crippen molar-refractivity contribution in [3.63, 3.8) is 0 Å². The molecule has 96 valence electrons. The molecular formula is C15H13NO3. The van der Waals surface area contributed by atoms with Gasteiger partial charge in [0, 0.05) is 24.0 Å². The molecule has 0 aliphatic carbocycles. The Morgan fingerprint density at radius 1 is 1.26 bits per heavy atom. The summed E-state index contributed by atoms with van der Waals surface area (Å²) in [6.45, 7) is 0.456. The van der Waals surface area contributed by atoms with Crippen molar-refractivity contribution in [2.75, 3.05) is 0 Å². The SMILES string of the molecule is O=C(O)C=Cc1ccc(OCc2cccnc2)cc1. The van der Waals surface area contributed by atoms with Crippen LogP contribution in [0, 0.1) is 0 Å². The number of ether oxygens (including phenoxy) is 1. The van der Waals surface area contributed by atoms with Crippen LogP contribution in [0.25, 0.3) is 6.08 Å². The summed E-state index contributed by atoms with van der Waals surface area (Å²) >= 11 is 0. The molecule has 1 N–H and O–H groups in total. The molecule has 1 heterocycles. The molecule has 1 aromatic carbocycles. The van der Waals surface area contributed by atoms with Crippen molar-refractivity contribution in [2.45, 2.75) is 6.61 Å². The molecule has 4 nitrogen and oxygen atoms in total. The molecule has 0 aliphatic rings. The lowest BCUT2D eigenvalue weighted by Crippen LogP contribution is -1.95. The van der Waals surface area contributed by atoms with Gasteiger partial charge in [0.15, 0.2) is 0 Å². The Labute approximate surface area is 111 Å². The number of nitrogens with zero attached hydrogens (tertiary/aromatic N) is 1. The predicted octanol–water partition coefficient (Wildman–Crippen LogP) is 2.76. The van der Waals surface area contributed by atoms with Gasteiger partial charge in [-0.15, -0.1) is 0 Å². The molecule has 0 radical (unpaired) electrons. The van der Waals surface area contributed by atoms with Crippen LogP contribution in [0.2, 0.25) is 0 Å². The molecule has 0 saturated heterocycles. The van der Waals surface area contributed by atoms with E-state index in [1.807, 2.05) is 12.1 Å². The van der Waals surface area contributed by atoms with Crippen LogP contribution in [0.1, 0.15) is 11.1 Å². The second-order valence-electron chi connectivity index (χ2n) is 3.89. The largest absolute Gasteiger partial charge is 0.489 e. The Morgan fingerprint density at radius 2 is 2.05 bits per heavy atom. The number of carboxylic acid groups (broad SMARTS) is 1. The molecule has 0 spiro atoms. The van der Waals surface area contributed by atoms with Crippen LogP contribution in [0.4, 0.5) is 0 Å². The van der Waals surface area contributed by atoms with Gasteiger partial charge < -0.3 is 9.84 Å². The highest BCUT2D eigenvalue weighted by molar-refractivity contribution is 5.85. The van der Waals surface area contributed by atoms with E-state index in [2.05, 4.69) is 4.98 Å². The van der Waals surface area contributed by atoms with Crippen LogP contribution < -0.4 is 4.74 Å². The lowest BCUT2D eigenvalue weighted by molar-refractivity contribution is -0.131. The Bertz CT molecular complexity index is 562. The summed E-state index contributed by atoms with van der Waals surface area (Å²) in [4.78, 5) is 14.4. The zero-order valence-corrected chi connectivity index (χ0v) is 10.2. The first kappa shape index (κ1) is 12.8. The first-order valence-electron chi connectivity index (χ1n) is 5.77. The highest BCUT2D eigenvalue weighted by Crippen LogP contribution is 2.14. The third-order valence-corrected chi connectivity index (χ3v) is 2.43. The number of carboxylic acids is 1. The third kappa shape index (κ3) is 4.27. The highest BCUT2D eigenvalue weighted by atomic mass is 16.5. The van der Waals surface area contributed by atoms with Crippen LogP contribution in [0.3, 0.4) is 0 Å². The maximum atomic E-state index is 10.4. The maximum absolute atomic E-state index is 10.4. The van der Waals surface area contributed by atoms with E-state index < -0.39 is 5.97 Å². The molecule has 2 rings (SSSR count). The van der Waals surface area contributed by atoms with Gasteiger partial charge in [0.25, 0.3) is 0 Å². The smallest absolute Gasteiger partial charge is 0.328 e. The molecule has 0 amide bonds. The van der Waals surface area contributed by atoms with Crippen LogP contribution in [0.5, 0.6) is 5.75 Å². The van der Waals surface area contributed by atoms with Crippen molar-refractivity contribution in [1.29, 1.82) is 0 Å². The van der Waals surface area contributed by atoms with Gasteiger partial charge in [0.2, 0.25) is 0 Å². The van der Waals surface area contributed by atoms with Gasteiger partial charge in [-0.25, -0.2) is 4.79 Å². The van der Waals surface area contributed by atoms with Crippen molar-refractivity contribution in [3.8, 4) is 5.75 Å². The van der Waals surface area contributed by atoms with Gasteiger partial charge >= 0.3 is 5.97 Å². The number of hydrogen-bond donors (Lipinski definition) is 1. The van der Waals surface area contributed by atoms with E-state index in [1.165, 1.54) is 6.08 Å². The minimum Gasteiger partial charge on any atom is -0.489 e. The lowest BCUT2D eigenvalue weighted by Gasteiger charge is -2.05. The number of carbonyl (C=O) groups is 1. The number of aliphatic carboxylic acids is 1. The molecule has 0 fully saturated rings. The zero-order chi connectivity index (χ0) is 13.5. The number of pyridine rings is 1. The summed E-state index contributed by atoms with van der Waals surface area (Å²) in [6.07, 6.45) is 6.11. The van der Waals surface area contributed by atoms with E-state index in [-0.39, 0.29) is 0 Å². The summed E-state index contributed by atoms with van der Waals surface area (Å²) in [5.74, 6) is -0.228. The first-order valence-corrected chi connectivity index (χ1v) is 5.77. The zero-order valence-electron chi connectivity index (χ0n) is 10.2. The van der Waals surface area contributed by atoms with E-state index >= 15 is 0 Å². The fourth-order valence-electron chi connectivity index (χ4n) is 1.49. The molecule has 4 heteroatoms. The standard InChI is InChI=1S/C15H13NO3/c17-15(18)8-5-12-3-6-14(7-4-12)19-11-13-2-1-9-16-10-13/h1-10H,11H2,(H,17,18). The number of benzene rings is 1. The molecule has 0 aliphatic heterocycles. The van der Waals surface area contributed by atoms with Crippen molar-refractivity contribution in [3.05, 3.63) is 66.0 Å². The average molecular weight is 255 g/mol. The van der Waals surface area contributed by atoms with Crippen LogP contribution >= 0.6 is 0 Å². The Hall–Kier alpha value is -2.62. The molecule has 2 aromatic rings. The van der Waals surface area contributed by atoms with E-state index in [0.717, 1.165) is 23.0 Å². The van der Waals surface area contributed by atoms with Crippen molar-refractivity contribution >= 4 is 12.0 Å². The summed E-state index contributed by atoms with van der Waals surface area (Å²) in [7, 11) is 0. The van der Waals surface area contributed by atoms with Gasteiger partial charge in [-0.2, -0.15) is 0 Å². The fourth-order valence-corrected chi connectivity index (χ4v) is 1.49. The molecule has 1 aromatic heterocycles. The third-order valence-electron chi connectivity index (χ3n) is 2.43. The summed E-state index contributed by atoms with van der Waals surface area (Å²) in [6, 6.07) is 11.0. The second-order valence-corrected chi connectivity index (χ2v) is 3.89. The molecule has 0 unspecified atom stereocenters. The maximum Gasteiger partial charge on any atom is 0.328 e. The van der Waals surface area contributed by atoms with Gasteiger partial charge in [-0.1, -0.05) is 18.2 Å².